The average Bonchev–Trinajstić information content (AvgIpc) is 1.60. The number of hydrogen-bond acceptors (Lipinski definition) is 15. The fourth-order valence-corrected chi connectivity index (χ4v) is 16.5. The third-order valence-corrected chi connectivity index (χ3v) is 26.2. The quantitative estimate of drug-likeness (QED) is 0.0262. The van der Waals surface area contributed by atoms with Gasteiger partial charge in [0, 0.05) is 22.7 Å². The van der Waals surface area contributed by atoms with E-state index in [2.05, 4.69) is 234 Å². The number of para-hydroxylation sites is 2. The molecule has 7 saturated heterocycles. The molecule has 9 fully saturated rings. The monoisotopic (exact) mass is 1780 g/mol. The Bertz CT molecular complexity index is 4840. The number of epoxide rings is 6. The molecule has 15 nitrogen and oxygen atoms in total. The van der Waals surface area contributed by atoms with Gasteiger partial charge in [0.05, 0.1) is 77.6 Å². The van der Waals surface area contributed by atoms with Crippen molar-refractivity contribution in [1.82, 2.24) is 0 Å². The molecule has 6 atom stereocenters. The smallest absolute Gasteiger partial charge is 0.126 e. The molecule has 0 N–H and O–H groups in total. The first-order valence-electron chi connectivity index (χ1n) is 47.6. The summed E-state index contributed by atoms with van der Waals surface area (Å²) in [5.74, 6) is 8.51. The van der Waals surface area contributed by atoms with Gasteiger partial charge in [-0.3, -0.25) is 0 Å². The summed E-state index contributed by atoms with van der Waals surface area (Å²) in [6.45, 7) is 60.1. The van der Waals surface area contributed by atoms with Gasteiger partial charge in [-0.2, -0.15) is 0 Å². The van der Waals surface area contributed by atoms with Crippen LogP contribution in [0, 0.1) is 16.7 Å². The Morgan fingerprint density at radius 1 is 0.321 bits per heavy atom. The van der Waals surface area contributed by atoms with E-state index in [1.165, 1.54) is 94.2 Å². The van der Waals surface area contributed by atoms with Crippen molar-refractivity contribution in [2.24, 2.45) is 16.7 Å². The van der Waals surface area contributed by atoms with Crippen LogP contribution in [0.2, 0.25) is 0 Å². The highest BCUT2D eigenvalue weighted by Gasteiger charge is 2.40. The maximum absolute atomic E-state index is 6.42. The van der Waals surface area contributed by atoms with E-state index in [0.717, 1.165) is 215 Å². The first-order valence-corrected chi connectivity index (χ1v) is 47.6. The van der Waals surface area contributed by atoms with Crippen LogP contribution in [0.15, 0.2) is 259 Å². The van der Waals surface area contributed by atoms with Crippen LogP contribution in [0.5, 0.6) is 46.0 Å². The van der Waals surface area contributed by atoms with E-state index in [1.807, 2.05) is 66.8 Å². The van der Waals surface area contributed by atoms with Crippen LogP contribution in [0.4, 0.5) is 0 Å². The lowest BCUT2D eigenvalue weighted by atomic mass is 9.68. The molecule has 2 saturated carbocycles. The fourth-order valence-electron chi connectivity index (χ4n) is 16.5. The topological polar surface area (TPSA) is 158 Å². The van der Waals surface area contributed by atoms with E-state index in [4.69, 9.17) is 71.1 Å². The van der Waals surface area contributed by atoms with Crippen LogP contribution >= 0.6 is 0 Å². The summed E-state index contributed by atoms with van der Waals surface area (Å²) in [6, 6.07) is 51.7. The summed E-state index contributed by atoms with van der Waals surface area (Å²) >= 11 is 0. The molecular weight excluding hydrogens is 1630 g/mol. The summed E-state index contributed by atoms with van der Waals surface area (Å²) in [7, 11) is 0. The molecule has 0 bridgehead atoms. The van der Waals surface area contributed by atoms with Crippen molar-refractivity contribution in [3.63, 3.8) is 0 Å². The minimum Gasteiger partial charge on any atom is -0.493 e. The van der Waals surface area contributed by atoms with Gasteiger partial charge in [0.2, 0.25) is 0 Å². The lowest BCUT2D eigenvalue weighted by molar-refractivity contribution is -0.133. The van der Waals surface area contributed by atoms with E-state index in [9.17, 15) is 0 Å². The molecule has 0 aromatic heterocycles. The van der Waals surface area contributed by atoms with E-state index in [-0.39, 0.29) is 46.8 Å². The number of hydrogen-bond donors (Lipinski definition) is 0. The van der Waals surface area contributed by atoms with Crippen molar-refractivity contribution in [2.45, 2.75) is 198 Å². The fraction of sp³-hybridized carbons (Fsp3) is 0.431. The van der Waals surface area contributed by atoms with E-state index in [0.29, 0.717) is 57.8 Å². The average molecular weight is 1780 g/mol. The zero-order valence-corrected chi connectivity index (χ0v) is 78.9. The summed E-state index contributed by atoms with van der Waals surface area (Å²) in [5, 5.41) is 0. The predicted octanol–water partition coefficient (Wildman–Crippen LogP) is 23.7. The minimum absolute atomic E-state index is 0.157. The van der Waals surface area contributed by atoms with Gasteiger partial charge in [0.1, 0.15) is 116 Å². The summed E-state index contributed by atoms with van der Waals surface area (Å²) < 4.78 is 85.4. The number of benzene rings is 8. The van der Waals surface area contributed by atoms with Crippen molar-refractivity contribution >= 4 is 0 Å². The number of ether oxygens (including phenoxy) is 15. The van der Waals surface area contributed by atoms with Gasteiger partial charge in [0.15, 0.2) is 0 Å². The second-order valence-corrected chi connectivity index (χ2v) is 37.3. The third kappa shape index (κ3) is 28.8. The van der Waals surface area contributed by atoms with Crippen molar-refractivity contribution in [1.29, 1.82) is 0 Å². The molecule has 0 spiro atoms. The van der Waals surface area contributed by atoms with Gasteiger partial charge in [-0.1, -0.05) is 206 Å². The molecular formula is C116H142O15. The molecule has 7 heterocycles. The molecule has 8 aromatic carbocycles. The minimum atomic E-state index is -0.178. The van der Waals surface area contributed by atoms with Crippen LogP contribution < -0.4 is 37.9 Å². The predicted molar refractivity (Wildman–Crippen MR) is 529 cm³/mol. The third-order valence-electron chi connectivity index (χ3n) is 26.2. The SMILES string of the molecule is C=CCOc1c(CC2CC2)cccc1CC1CO1.C=CCc1cc(-c2ccc(OCC3CO3)c(CC=C)c2)ccc1OCC1CO1.C=CCc1cc(C(C)(C)c2ccc(OCC3(CC)COC3)c(CC=C)c2)ccc1OCC1(CC)CCC1.C=CCc1cc(C(C)(C)c2ccc(OCC3CO3)c(CC=C)c2)ccc1OCC1CO1.C=CCc1cccc(CC=C)c1OCC1CO1. The molecule has 0 amide bonds. The van der Waals surface area contributed by atoms with Crippen LogP contribution in [0.25, 0.3) is 11.1 Å². The zero-order valence-electron chi connectivity index (χ0n) is 78.9. The van der Waals surface area contributed by atoms with Gasteiger partial charge in [-0.15, -0.1) is 52.6 Å². The Labute approximate surface area is 781 Å². The van der Waals surface area contributed by atoms with Crippen molar-refractivity contribution in [2.75, 3.05) is 106 Å². The normalized spacial score (nSPS) is 19.1. The molecule has 9 aliphatic rings. The van der Waals surface area contributed by atoms with Gasteiger partial charge in [0.25, 0.3) is 0 Å². The van der Waals surface area contributed by atoms with Crippen molar-refractivity contribution in [3.8, 4) is 57.1 Å². The molecule has 131 heavy (non-hydrogen) atoms. The highest BCUT2D eigenvalue weighted by atomic mass is 16.6. The second kappa shape index (κ2) is 47.8. The first kappa shape index (κ1) is 98.1. The van der Waals surface area contributed by atoms with Crippen LogP contribution in [0.1, 0.15) is 164 Å². The largest absolute Gasteiger partial charge is 0.493 e. The lowest BCUT2D eigenvalue weighted by Gasteiger charge is -2.41. The lowest BCUT2D eigenvalue weighted by Crippen LogP contribution is -2.46. The molecule has 17 rings (SSSR count). The number of rotatable bonds is 51. The van der Waals surface area contributed by atoms with Crippen molar-refractivity contribution in [3.05, 3.63) is 337 Å². The Hall–Kier alpha value is -10.5. The zero-order chi connectivity index (χ0) is 92.2. The summed E-state index contributed by atoms with van der Waals surface area (Å²) in [5.41, 5.74) is 19.5. The van der Waals surface area contributed by atoms with E-state index >= 15 is 0 Å². The molecule has 15 heteroatoms. The van der Waals surface area contributed by atoms with Gasteiger partial charge < -0.3 is 71.1 Å². The van der Waals surface area contributed by atoms with Gasteiger partial charge in [-0.25, -0.2) is 0 Å². The van der Waals surface area contributed by atoms with Crippen LogP contribution in [-0.4, -0.2) is 142 Å². The van der Waals surface area contributed by atoms with Crippen LogP contribution in [-0.2, 0) is 108 Å². The summed E-state index contributed by atoms with van der Waals surface area (Å²) in [4.78, 5) is 0. The van der Waals surface area contributed by atoms with Gasteiger partial charge >= 0.3 is 0 Å². The van der Waals surface area contributed by atoms with Gasteiger partial charge in [-0.05, 0) is 240 Å². The molecule has 696 valence electrons. The van der Waals surface area contributed by atoms with E-state index in [1.54, 1.807) is 0 Å². The van der Waals surface area contributed by atoms with E-state index < -0.39 is 0 Å². The summed E-state index contributed by atoms with van der Waals surface area (Å²) in [6.07, 6.45) is 36.2. The second-order valence-electron chi connectivity index (χ2n) is 37.3. The first-order chi connectivity index (χ1) is 63.8. The standard InChI is InChI=1S/C34H46O3.C27H32O4.C24H26O4.C16H20O2.C15H18O2/c1-7-12-26-20-28(14-16-30(26)36-24-33(9-3)18-11-19-33)32(5,6)29-15-17-31(27(21-29)13-8-2)37-25-34(10-4)22-35-23-34;1-5-7-19-13-21(9-11-25(19)30-17-23-15-28-23)27(3,4)22-10-12-26(20(14-22)8-6-2)31-18-24-16-29-24;1-3-5-19-11-17(7-9-23(19)27-15-21-13-25-21)18-8-10-24(20(12-18)6-4-2)28-16-22-14-26-22;1-2-8-17-16-13(9-12-6-7-12)4-3-5-14(16)10-15-11-18-15;1-3-6-12-8-5-9-13(7-4-2)15(12)17-11-14-10-16-14/h7-8,14-17,20-21H,1-2,9-13,18-19,22-25H2,3-6H3;5-6,9-14,23-24H,1-2,7-8,15-18H2,3-4H3;3-4,7-12,21-22H,1-2,5-6,13-16H2;2-5,12,15H,1,6-11H2;3-5,8-9,14H,1-2,6-7,10-11H2. The molecule has 8 aromatic rings. The highest BCUT2D eigenvalue weighted by Crippen LogP contribution is 2.47. The van der Waals surface area contributed by atoms with Crippen LogP contribution in [0.3, 0.4) is 0 Å². The maximum atomic E-state index is 6.42. The van der Waals surface area contributed by atoms with Crippen molar-refractivity contribution < 1.29 is 71.1 Å². The Morgan fingerprint density at radius 2 is 0.618 bits per heavy atom. The number of allylic oxidation sites excluding steroid dienone is 8. The molecule has 0 radical (unpaired) electrons. The Kier molecular flexibility index (Phi) is 35.7. The maximum Gasteiger partial charge on any atom is 0.126 e. The molecule has 6 unspecified atom stereocenters. The molecule has 2 aliphatic carbocycles. The highest BCUT2D eigenvalue weighted by molar-refractivity contribution is 5.68. The Morgan fingerprint density at radius 3 is 0.916 bits per heavy atom. The molecule has 7 aliphatic heterocycles. The Balaban J connectivity index is 0.000000143.